The van der Waals surface area contributed by atoms with E-state index in [1.165, 1.54) is 0 Å². The minimum Gasteiger partial charge on any atom is -0.374 e. The van der Waals surface area contributed by atoms with Gasteiger partial charge in [0.05, 0.1) is 19.8 Å². The molecule has 178 valence electrons. The fourth-order valence-electron chi connectivity index (χ4n) is 4.42. The van der Waals surface area contributed by atoms with Crippen LogP contribution in [0.4, 0.5) is 0 Å². The van der Waals surface area contributed by atoms with E-state index in [0.717, 1.165) is 16.7 Å². The van der Waals surface area contributed by atoms with E-state index in [-0.39, 0.29) is 18.3 Å². The molecule has 6 atom stereocenters. The van der Waals surface area contributed by atoms with Crippen LogP contribution in [0.15, 0.2) is 91.0 Å². The standard InChI is InChI=1S/C28H30O6/c1-29-28-26-25(33-27(34-26)22-15-9-4-10-16-22)24(31-18-21-13-7-3-8-14-21)23(32-28)19-30-17-20-11-5-2-6-12-20/h2-16,23-28H,17-19H2,1H3/t23-,24-,25+,26+,27?,28+/m1/s1. The molecule has 0 spiro atoms. The normalized spacial score (nSPS) is 28.5. The van der Waals surface area contributed by atoms with E-state index in [2.05, 4.69) is 0 Å². The van der Waals surface area contributed by atoms with Crippen molar-refractivity contribution < 1.29 is 28.4 Å². The fraction of sp³-hybridized carbons (Fsp3) is 0.357. The molecule has 2 heterocycles. The Morgan fingerprint density at radius 2 is 1.26 bits per heavy atom. The second kappa shape index (κ2) is 11.2. The second-order valence-electron chi connectivity index (χ2n) is 8.48. The van der Waals surface area contributed by atoms with Gasteiger partial charge in [-0.3, -0.25) is 0 Å². The van der Waals surface area contributed by atoms with Crippen molar-refractivity contribution in [3.05, 3.63) is 108 Å². The first-order valence-electron chi connectivity index (χ1n) is 11.6. The lowest BCUT2D eigenvalue weighted by atomic mass is 9.99. The molecule has 0 bridgehead atoms. The summed E-state index contributed by atoms with van der Waals surface area (Å²) in [5.74, 6) is 0. The molecule has 0 aromatic heterocycles. The smallest absolute Gasteiger partial charge is 0.186 e. The maximum atomic E-state index is 6.42. The third-order valence-electron chi connectivity index (χ3n) is 6.14. The molecular weight excluding hydrogens is 432 g/mol. The Hall–Kier alpha value is -2.58. The van der Waals surface area contributed by atoms with Gasteiger partial charge in [-0.25, -0.2) is 0 Å². The third-order valence-corrected chi connectivity index (χ3v) is 6.14. The highest BCUT2D eigenvalue weighted by Crippen LogP contribution is 2.40. The van der Waals surface area contributed by atoms with Gasteiger partial charge in [0, 0.05) is 12.7 Å². The van der Waals surface area contributed by atoms with Crippen molar-refractivity contribution >= 4 is 0 Å². The van der Waals surface area contributed by atoms with Crippen LogP contribution in [-0.2, 0) is 41.6 Å². The lowest BCUT2D eigenvalue weighted by Gasteiger charge is -2.41. The summed E-state index contributed by atoms with van der Waals surface area (Å²) < 4.78 is 37.1. The van der Waals surface area contributed by atoms with Gasteiger partial charge in [-0.15, -0.1) is 0 Å². The molecule has 0 saturated carbocycles. The van der Waals surface area contributed by atoms with Crippen molar-refractivity contribution in [2.45, 2.75) is 50.2 Å². The topological polar surface area (TPSA) is 55.4 Å². The van der Waals surface area contributed by atoms with Crippen LogP contribution in [-0.4, -0.2) is 44.4 Å². The number of hydrogen-bond acceptors (Lipinski definition) is 6. The quantitative estimate of drug-likeness (QED) is 0.462. The minimum absolute atomic E-state index is 0.344. The van der Waals surface area contributed by atoms with Gasteiger partial charge in [-0.1, -0.05) is 91.0 Å². The Morgan fingerprint density at radius 1 is 0.676 bits per heavy atom. The second-order valence-corrected chi connectivity index (χ2v) is 8.48. The van der Waals surface area contributed by atoms with Gasteiger partial charge in [-0.2, -0.15) is 0 Å². The van der Waals surface area contributed by atoms with Gasteiger partial charge in [0.2, 0.25) is 0 Å². The van der Waals surface area contributed by atoms with Gasteiger partial charge in [-0.05, 0) is 11.1 Å². The lowest BCUT2D eigenvalue weighted by Crippen LogP contribution is -2.58. The summed E-state index contributed by atoms with van der Waals surface area (Å²) in [6, 6.07) is 30.0. The van der Waals surface area contributed by atoms with Gasteiger partial charge in [0.15, 0.2) is 12.6 Å². The SMILES string of the molecule is CO[C@H]1O[C@H](COCc2ccccc2)[C@@H](OCc2ccccc2)[C@@H]2OC(c3ccccc3)O[C@H]12. The molecule has 2 aliphatic heterocycles. The Bertz CT molecular complexity index is 999. The molecule has 1 unspecified atom stereocenters. The van der Waals surface area contributed by atoms with E-state index in [0.29, 0.717) is 19.8 Å². The molecule has 6 heteroatoms. The van der Waals surface area contributed by atoms with Gasteiger partial charge in [0.25, 0.3) is 0 Å². The Labute approximate surface area is 200 Å². The average Bonchev–Trinajstić information content (AvgIpc) is 3.35. The molecule has 2 fully saturated rings. The number of hydrogen-bond donors (Lipinski definition) is 0. The van der Waals surface area contributed by atoms with Crippen molar-refractivity contribution in [1.29, 1.82) is 0 Å². The minimum atomic E-state index is -0.583. The van der Waals surface area contributed by atoms with E-state index in [1.54, 1.807) is 7.11 Å². The van der Waals surface area contributed by atoms with Crippen molar-refractivity contribution in [2.24, 2.45) is 0 Å². The van der Waals surface area contributed by atoms with E-state index >= 15 is 0 Å². The van der Waals surface area contributed by atoms with Crippen LogP contribution in [0.5, 0.6) is 0 Å². The maximum Gasteiger partial charge on any atom is 0.186 e. The summed E-state index contributed by atoms with van der Waals surface area (Å²) in [7, 11) is 1.62. The van der Waals surface area contributed by atoms with Crippen LogP contribution >= 0.6 is 0 Å². The monoisotopic (exact) mass is 462 g/mol. The molecule has 0 amide bonds. The molecule has 3 aromatic rings. The molecular formula is C28H30O6. The Kier molecular flexibility index (Phi) is 7.65. The van der Waals surface area contributed by atoms with Gasteiger partial charge >= 0.3 is 0 Å². The van der Waals surface area contributed by atoms with Crippen LogP contribution in [0.3, 0.4) is 0 Å². The Morgan fingerprint density at radius 3 is 1.91 bits per heavy atom. The molecule has 2 aliphatic rings. The average molecular weight is 463 g/mol. The molecule has 0 aliphatic carbocycles. The molecule has 34 heavy (non-hydrogen) atoms. The van der Waals surface area contributed by atoms with Crippen LogP contribution in [0, 0.1) is 0 Å². The van der Waals surface area contributed by atoms with E-state index in [9.17, 15) is 0 Å². The highest BCUT2D eigenvalue weighted by molar-refractivity contribution is 5.18. The highest BCUT2D eigenvalue weighted by atomic mass is 16.8. The zero-order chi connectivity index (χ0) is 23.2. The number of ether oxygens (including phenoxy) is 6. The predicted octanol–water partition coefficient (Wildman–Crippen LogP) is 4.64. The number of fused-ring (bicyclic) bond motifs is 1. The summed E-state index contributed by atoms with van der Waals surface area (Å²) in [6.45, 7) is 1.27. The van der Waals surface area contributed by atoms with Crippen molar-refractivity contribution in [2.75, 3.05) is 13.7 Å². The van der Waals surface area contributed by atoms with Crippen LogP contribution in [0.25, 0.3) is 0 Å². The summed E-state index contributed by atoms with van der Waals surface area (Å²) >= 11 is 0. The number of benzene rings is 3. The van der Waals surface area contributed by atoms with Crippen molar-refractivity contribution in [1.82, 2.24) is 0 Å². The van der Waals surface area contributed by atoms with Crippen LogP contribution in [0.2, 0.25) is 0 Å². The fourth-order valence-corrected chi connectivity index (χ4v) is 4.42. The number of rotatable bonds is 9. The summed E-state index contributed by atoms with van der Waals surface area (Å²) in [6.07, 6.45) is -2.64. The van der Waals surface area contributed by atoms with Gasteiger partial charge < -0.3 is 28.4 Å². The summed E-state index contributed by atoms with van der Waals surface area (Å²) in [5.41, 5.74) is 3.13. The lowest BCUT2D eigenvalue weighted by molar-refractivity contribution is -0.283. The zero-order valence-electron chi connectivity index (χ0n) is 19.2. The third kappa shape index (κ3) is 5.39. The molecule has 2 saturated heterocycles. The number of methoxy groups -OCH3 is 1. The van der Waals surface area contributed by atoms with E-state index in [1.807, 2.05) is 91.0 Å². The predicted molar refractivity (Wildman–Crippen MR) is 126 cm³/mol. The maximum absolute atomic E-state index is 6.42. The van der Waals surface area contributed by atoms with Crippen molar-refractivity contribution in [3.63, 3.8) is 0 Å². The van der Waals surface area contributed by atoms with Gasteiger partial charge in [0.1, 0.15) is 24.4 Å². The van der Waals surface area contributed by atoms with E-state index < -0.39 is 18.7 Å². The largest absolute Gasteiger partial charge is 0.374 e. The molecule has 3 aromatic carbocycles. The zero-order valence-corrected chi connectivity index (χ0v) is 19.2. The molecule has 6 nitrogen and oxygen atoms in total. The molecule has 5 rings (SSSR count). The Balaban J connectivity index is 1.33. The molecule has 0 N–H and O–H groups in total. The molecule has 0 radical (unpaired) electrons. The van der Waals surface area contributed by atoms with Crippen LogP contribution < -0.4 is 0 Å². The van der Waals surface area contributed by atoms with Crippen LogP contribution in [0.1, 0.15) is 23.0 Å². The summed E-state index contributed by atoms with van der Waals surface area (Å²) in [4.78, 5) is 0. The first-order chi connectivity index (χ1) is 16.8. The van der Waals surface area contributed by atoms with E-state index in [4.69, 9.17) is 28.4 Å². The first kappa shape index (κ1) is 23.2. The first-order valence-corrected chi connectivity index (χ1v) is 11.6. The van der Waals surface area contributed by atoms with Crippen molar-refractivity contribution in [3.8, 4) is 0 Å². The highest BCUT2D eigenvalue weighted by Gasteiger charge is 2.54. The summed E-state index contributed by atoms with van der Waals surface area (Å²) in [5, 5.41) is 0.